The Balaban J connectivity index is -0.000000434. The summed E-state index contributed by atoms with van der Waals surface area (Å²) in [5.41, 5.74) is 0. The maximum absolute atomic E-state index is 11.9. The van der Waals surface area contributed by atoms with Crippen molar-refractivity contribution in [1.29, 1.82) is 0 Å². The molecule has 0 aliphatic heterocycles. The molecule has 0 fully saturated rings. The third-order valence-electron chi connectivity index (χ3n) is 4.04. The molecule has 0 aromatic heterocycles. The topological polar surface area (TPSA) is 52.6 Å². The van der Waals surface area contributed by atoms with Gasteiger partial charge in [0.1, 0.15) is 13.2 Å². The molecule has 0 saturated heterocycles. The zero-order chi connectivity index (χ0) is 22.8. The second-order valence-electron chi connectivity index (χ2n) is 5.83. The zero-order valence-electron chi connectivity index (χ0n) is 19.1. The van der Waals surface area contributed by atoms with E-state index in [1.165, 1.54) is 0 Å². The van der Waals surface area contributed by atoms with E-state index in [1.54, 1.807) is 0 Å². The Morgan fingerprint density at radius 3 is 1.14 bits per heavy atom. The molecule has 0 N–H and O–H groups in total. The maximum Gasteiger partial charge on any atom is 0.309 e. The lowest BCUT2D eigenvalue weighted by molar-refractivity contribution is -0.157. The van der Waals surface area contributed by atoms with Crippen LogP contribution in [-0.4, -0.2) is 25.2 Å². The first kappa shape index (κ1) is 33.7. The Labute approximate surface area is 175 Å². The van der Waals surface area contributed by atoms with Crippen molar-refractivity contribution in [3.8, 4) is 0 Å². The van der Waals surface area contributed by atoms with Gasteiger partial charge in [-0.05, 0) is 25.7 Å². The van der Waals surface area contributed by atoms with E-state index in [-0.39, 0.29) is 37.0 Å². The van der Waals surface area contributed by atoms with Crippen LogP contribution < -0.4 is 0 Å². The normalized spacial score (nSPS) is 11.0. The Morgan fingerprint density at radius 2 is 0.929 bits per heavy atom. The molecule has 2 unspecified atom stereocenters. The number of carbonyl (C=O) groups excluding carboxylic acids is 2. The molecule has 166 valence electrons. The largest absolute Gasteiger partial charge is 0.462 e. The van der Waals surface area contributed by atoms with Crippen LogP contribution in [0.15, 0.2) is 39.5 Å². The summed E-state index contributed by atoms with van der Waals surface area (Å²) in [6.45, 7) is 26.6. The standard InChI is InChI=1S/C18H34O4.3C2H4/c1-5-9-11-15(7-3)17(19)21-13-14-22-18(20)16(8-4)12-10-6-2;3*1-2/h15-16H,5-14H2,1-4H3;3*1-2H2. The fraction of sp³-hybridized carbons (Fsp3) is 0.667. The van der Waals surface area contributed by atoms with Gasteiger partial charge in [-0.3, -0.25) is 9.59 Å². The van der Waals surface area contributed by atoms with Gasteiger partial charge in [0.15, 0.2) is 0 Å². The third kappa shape index (κ3) is 20.5. The molecule has 4 nitrogen and oxygen atoms in total. The van der Waals surface area contributed by atoms with Gasteiger partial charge >= 0.3 is 11.9 Å². The van der Waals surface area contributed by atoms with Crippen LogP contribution in [0.2, 0.25) is 0 Å². The number of unbranched alkanes of at least 4 members (excludes halogenated alkanes) is 2. The second kappa shape index (κ2) is 29.9. The molecular formula is C24H46O4. The fourth-order valence-electron chi connectivity index (χ4n) is 2.40. The van der Waals surface area contributed by atoms with Crippen LogP contribution in [0.5, 0.6) is 0 Å². The monoisotopic (exact) mass is 398 g/mol. The minimum Gasteiger partial charge on any atom is -0.462 e. The molecule has 2 atom stereocenters. The molecule has 0 spiro atoms. The molecule has 0 amide bonds. The van der Waals surface area contributed by atoms with Gasteiger partial charge in [-0.25, -0.2) is 0 Å². The van der Waals surface area contributed by atoms with E-state index in [1.807, 2.05) is 13.8 Å². The number of hydrogen-bond donors (Lipinski definition) is 0. The minimum atomic E-state index is -0.162. The summed E-state index contributed by atoms with van der Waals surface area (Å²) in [7, 11) is 0. The number of hydrogen-bond acceptors (Lipinski definition) is 4. The molecule has 28 heavy (non-hydrogen) atoms. The molecule has 0 aliphatic carbocycles. The van der Waals surface area contributed by atoms with Crippen molar-refractivity contribution in [2.24, 2.45) is 11.8 Å². The van der Waals surface area contributed by atoms with Crippen LogP contribution in [-0.2, 0) is 19.1 Å². The van der Waals surface area contributed by atoms with Crippen LogP contribution in [0.3, 0.4) is 0 Å². The maximum atomic E-state index is 11.9. The average Bonchev–Trinajstić information content (AvgIpc) is 2.76. The van der Waals surface area contributed by atoms with E-state index in [9.17, 15) is 9.59 Å². The van der Waals surface area contributed by atoms with Crippen molar-refractivity contribution in [3.63, 3.8) is 0 Å². The molecule has 0 saturated carbocycles. The summed E-state index contributed by atoms with van der Waals surface area (Å²) in [6, 6.07) is 0. The van der Waals surface area contributed by atoms with Crippen LogP contribution in [0.4, 0.5) is 0 Å². The Kier molecular flexibility index (Phi) is 36.0. The fourth-order valence-corrected chi connectivity index (χ4v) is 2.40. The van der Waals surface area contributed by atoms with Crippen molar-refractivity contribution < 1.29 is 19.1 Å². The molecule has 0 aromatic carbocycles. The van der Waals surface area contributed by atoms with Crippen molar-refractivity contribution in [1.82, 2.24) is 0 Å². The number of rotatable bonds is 13. The molecule has 0 aromatic rings. The van der Waals surface area contributed by atoms with Gasteiger partial charge in [0, 0.05) is 0 Å². The van der Waals surface area contributed by atoms with Gasteiger partial charge in [0.25, 0.3) is 0 Å². The van der Waals surface area contributed by atoms with Crippen molar-refractivity contribution >= 4 is 11.9 Å². The highest BCUT2D eigenvalue weighted by molar-refractivity contribution is 5.73. The predicted octanol–water partition coefficient (Wildman–Crippen LogP) is 6.91. The average molecular weight is 399 g/mol. The quantitative estimate of drug-likeness (QED) is 0.192. The van der Waals surface area contributed by atoms with Gasteiger partial charge in [-0.2, -0.15) is 0 Å². The summed E-state index contributed by atoms with van der Waals surface area (Å²) < 4.78 is 10.4. The number of carbonyl (C=O) groups is 2. The van der Waals surface area contributed by atoms with E-state index in [0.717, 1.165) is 51.4 Å². The van der Waals surface area contributed by atoms with Gasteiger partial charge in [-0.1, -0.05) is 53.4 Å². The first-order valence-electron chi connectivity index (χ1n) is 10.4. The molecule has 4 heteroatoms. The summed E-state index contributed by atoms with van der Waals surface area (Å²) in [5.74, 6) is -0.373. The Morgan fingerprint density at radius 1 is 0.643 bits per heavy atom. The first-order chi connectivity index (χ1) is 13.6. The molecule has 0 bridgehead atoms. The molecule has 0 rings (SSSR count). The van der Waals surface area contributed by atoms with Crippen LogP contribution in [0.25, 0.3) is 0 Å². The van der Waals surface area contributed by atoms with Crippen molar-refractivity contribution in [3.05, 3.63) is 39.5 Å². The SMILES string of the molecule is C=C.C=C.C=C.CCCCC(CC)C(=O)OCCOC(=O)C(CC)CCCC. The summed E-state index contributed by atoms with van der Waals surface area (Å²) in [5, 5.41) is 0. The Bertz CT molecular complexity index is 307. The van der Waals surface area contributed by atoms with E-state index >= 15 is 0 Å². The minimum absolute atomic E-state index is 0.0244. The highest BCUT2D eigenvalue weighted by Gasteiger charge is 2.19. The van der Waals surface area contributed by atoms with E-state index in [2.05, 4.69) is 53.3 Å². The molecule has 0 heterocycles. The second-order valence-corrected chi connectivity index (χ2v) is 5.83. The van der Waals surface area contributed by atoms with Crippen LogP contribution in [0.1, 0.15) is 79.1 Å². The lowest BCUT2D eigenvalue weighted by Crippen LogP contribution is -2.22. The predicted molar refractivity (Wildman–Crippen MR) is 122 cm³/mol. The number of esters is 2. The lowest BCUT2D eigenvalue weighted by Gasteiger charge is -2.15. The van der Waals surface area contributed by atoms with E-state index in [0.29, 0.717) is 0 Å². The summed E-state index contributed by atoms with van der Waals surface area (Å²) >= 11 is 0. The highest BCUT2D eigenvalue weighted by atomic mass is 16.6. The van der Waals surface area contributed by atoms with Crippen molar-refractivity contribution in [2.45, 2.75) is 79.1 Å². The Hall–Kier alpha value is -1.84. The zero-order valence-corrected chi connectivity index (χ0v) is 19.1. The highest BCUT2D eigenvalue weighted by Crippen LogP contribution is 2.15. The number of ether oxygens (including phenoxy) is 2. The van der Waals surface area contributed by atoms with Crippen LogP contribution in [0, 0.1) is 11.8 Å². The smallest absolute Gasteiger partial charge is 0.309 e. The van der Waals surface area contributed by atoms with Crippen molar-refractivity contribution in [2.75, 3.05) is 13.2 Å². The summed E-state index contributed by atoms with van der Waals surface area (Å²) in [4.78, 5) is 23.8. The molecular weight excluding hydrogens is 352 g/mol. The van der Waals surface area contributed by atoms with Crippen LogP contribution >= 0.6 is 0 Å². The van der Waals surface area contributed by atoms with Gasteiger partial charge in [0.05, 0.1) is 11.8 Å². The van der Waals surface area contributed by atoms with E-state index < -0.39 is 0 Å². The van der Waals surface area contributed by atoms with Gasteiger partial charge in [0.2, 0.25) is 0 Å². The molecule has 0 radical (unpaired) electrons. The lowest BCUT2D eigenvalue weighted by atomic mass is 10.00. The third-order valence-corrected chi connectivity index (χ3v) is 4.04. The first-order valence-corrected chi connectivity index (χ1v) is 10.4. The summed E-state index contributed by atoms with van der Waals surface area (Å²) in [6.07, 6.45) is 7.59. The van der Waals surface area contributed by atoms with E-state index in [4.69, 9.17) is 9.47 Å². The van der Waals surface area contributed by atoms with Gasteiger partial charge in [-0.15, -0.1) is 39.5 Å². The van der Waals surface area contributed by atoms with Gasteiger partial charge < -0.3 is 9.47 Å². The molecule has 0 aliphatic rings.